The number of benzene rings is 1. The van der Waals surface area contributed by atoms with Gasteiger partial charge in [-0.2, -0.15) is 13.2 Å². The van der Waals surface area contributed by atoms with Crippen LogP contribution in [0, 0.1) is 23.6 Å². The molecule has 1 aliphatic carbocycles. The molecule has 1 aromatic rings. The average Bonchev–Trinajstić information content (AvgIpc) is 2.48. The zero-order valence-electron chi connectivity index (χ0n) is 14.0. The molecular weight excluding hydrogens is 304 g/mol. The topological polar surface area (TPSA) is 0 Å². The van der Waals surface area contributed by atoms with Crippen molar-refractivity contribution in [3.05, 3.63) is 46.8 Å². The zero-order valence-corrected chi connectivity index (χ0v) is 14.0. The molecule has 1 saturated carbocycles. The lowest BCUT2D eigenvalue weighted by Gasteiger charge is -2.40. The largest absolute Gasteiger partial charge is 0.419 e. The minimum absolute atomic E-state index is 0.0131. The summed E-state index contributed by atoms with van der Waals surface area (Å²) in [6, 6.07) is 3.50. The van der Waals surface area contributed by atoms with Gasteiger partial charge >= 0.3 is 6.18 Å². The van der Waals surface area contributed by atoms with Crippen molar-refractivity contribution in [1.82, 2.24) is 0 Å². The van der Waals surface area contributed by atoms with E-state index >= 15 is 0 Å². The quantitative estimate of drug-likeness (QED) is 0.425. The van der Waals surface area contributed by atoms with Crippen molar-refractivity contribution in [2.24, 2.45) is 17.8 Å². The van der Waals surface area contributed by atoms with E-state index in [0.717, 1.165) is 25.0 Å². The second-order valence-electron chi connectivity index (χ2n) is 6.91. The van der Waals surface area contributed by atoms with Crippen LogP contribution in [0.25, 0.3) is 0 Å². The van der Waals surface area contributed by atoms with Gasteiger partial charge in [0, 0.05) is 0 Å². The van der Waals surface area contributed by atoms with Crippen LogP contribution < -0.4 is 0 Å². The normalized spacial score (nSPS) is 29.7. The monoisotopic (exact) mass is 328 g/mol. The third-order valence-corrected chi connectivity index (χ3v) is 5.47. The molecule has 0 saturated heterocycles. The molecular formula is C19H24F4. The number of allylic oxidation sites excluding steroid dienone is 2. The first kappa shape index (κ1) is 18.0. The van der Waals surface area contributed by atoms with Gasteiger partial charge in [-0.15, -0.1) is 0 Å². The van der Waals surface area contributed by atoms with Crippen LogP contribution in [-0.2, 0) is 6.18 Å². The predicted molar refractivity (Wildman–Crippen MR) is 84.6 cm³/mol. The van der Waals surface area contributed by atoms with E-state index in [-0.39, 0.29) is 11.8 Å². The van der Waals surface area contributed by atoms with E-state index < -0.39 is 17.6 Å². The summed E-state index contributed by atoms with van der Waals surface area (Å²) in [7, 11) is 0. The Balaban J connectivity index is 2.45. The second kappa shape index (κ2) is 6.66. The van der Waals surface area contributed by atoms with Crippen LogP contribution in [0.1, 0.15) is 57.6 Å². The highest BCUT2D eigenvalue weighted by atomic mass is 19.4. The van der Waals surface area contributed by atoms with Crippen molar-refractivity contribution < 1.29 is 17.6 Å². The van der Waals surface area contributed by atoms with Gasteiger partial charge in [0.2, 0.25) is 0 Å². The molecule has 4 atom stereocenters. The Bertz CT molecular complexity index is 586. The Kier molecular flexibility index (Phi) is 5.22. The van der Waals surface area contributed by atoms with E-state index in [1.54, 1.807) is 0 Å². The van der Waals surface area contributed by atoms with E-state index in [9.17, 15) is 17.6 Å². The first-order valence-corrected chi connectivity index (χ1v) is 8.14. The summed E-state index contributed by atoms with van der Waals surface area (Å²) in [5.41, 5.74) is 0.647. The van der Waals surface area contributed by atoms with Crippen LogP contribution in [0.15, 0.2) is 29.8 Å². The number of hydrogen-bond donors (Lipinski definition) is 0. The lowest BCUT2D eigenvalue weighted by molar-refractivity contribution is -0.140. The van der Waals surface area contributed by atoms with E-state index in [4.69, 9.17) is 0 Å². The SMILES string of the molecule is C/C=C(/C)C1CC(C)C(C)CC1c1ccc(F)c(C(F)(F)F)c1. The molecule has 0 N–H and O–H groups in total. The minimum atomic E-state index is -4.65. The molecule has 23 heavy (non-hydrogen) atoms. The van der Waals surface area contributed by atoms with Gasteiger partial charge in [-0.3, -0.25) is 0 Å². The van der Waals surface area contributed by atoms with Crippen LogP contribution in [-0.4, -0.2) is 0 Å². The highest BCUT2D eigenvalue weighted by Crippen LogP contribution is 2.47. The van der Waals surface area contributed by atoms with Gasteiger partial charge in [0.25, 0.3) is 0 Å². The minimum Gasteiger partial charge on any atom is -0.206 e. The Hall–Kier alpha value is -1.32. The van der Waals surface area contributed by atoms with Gasteiger partial charge in [-0.1, -0.05) is 31.6 Å². The molecule has 2 rings (SSSR count). The molecule has 128 valence electrons. The van der Waals surface area contributed by atoms with Crippen molar-refractivity contribution in [3.8, 4) is 0 Å². The van der Waals surface area contributed by atoms with Crippen molar-refractivity contribution >= 4 is 0 Å². The maximum Gasteiger partial charge on any atom is 0.419 e. The molecule has 0 nitrogen and oxygen atoms in total. The fraction of sp³-hybridized carbons (Fsp3) is 0.579. The molecule has 1 aromatic carbocycles. The third-order valence-electron chi connectivity index (χ3n) is 5.47. The molecule has 1 aliphatic rings. The maximum atomic E-state index is 13.6. The number of rotatable bonds is 2. The van der Waals surface area contributed by atoms with Crippen LogP contribution in [0.4, 0.5) is 17.6 Å². The Morgan fingerprint density at radius 3 is 2.30 bits per heavy atom. The van der Waals surface area contributed by atoms with E-state index in [0.29, 0.717) is 17.4 Å². The smallest absolute Gasteiger partial charge is 0.206 e. The fourth-order valence-electron chi connectivity index (χ4n) is 3.67. The summed E-state index contributed by atoms with van der Waals surface area (Å²) < 4.78 is 52.6. The van der Waals surface area contributed by atoms with Crippen molar-refractivity contribution in [1.29, 1.82) is 0 Å². The molecule has 0 spiro atoms. The first-order valence-electron chi connectivity index (χ1n) is 8.14. The summed E-state index contributed by atoms with van der Waals surface area (Å²) in [5.74, 6) is 0.0172. The van der Waals surface area contributed by atoms with E-state index in [1.165, 1.54) is 11.6 Å². The summed E-state index contributed by atoms with van der Waals surface area (Å²) >= 11 is 0. The van der Waals surface area contributed by atoms with E-state index in [2.05, 4.69) is 13.8 Å². The lowest BCUT2D eigenvalue weighted by Crippen LogP contribution is -2.29. The van der Waals surface area contributed by atoms with Gasteiger partial charge in [-0.25, -0.2) is 4.39 Å². The summed E-state index contributed by atoms with van der Waals surface area (Å²) in [6.45, 7) is 8.34. The number of alkyl halides is 3. The highest BCUT2D eigenvalue weighted by molar-refractivity contribution is 5.32. The van der Waals surface area contributed by atoms with Crippen molar-refractivity contribution in [2.45, 2.75) is 52.6 Å². The van der Waals surface area contributed by atoms with Gasteiger partial charge in [-0.05, 0) is 68.1 Å². The van der Waals surface area contributed by atoms with Gasteiger partial charge in [0.05, 0.1) is 5.56 Å². The number of hydrogen-bond acceptors (Lipinski definition) is 0. The molecule has 0 heterocycles. The summed E-state index contributed by atoms with van der Waals surface area (Å²) in [5, 5.41) is 0. The summed E-state index contributed by atoms with van der Waals surface area (Å²) in [6.07, 6.45) is -0.825. The predicted octanol–water partition coefficient (Wildman–Crippen LogP) is 6.58. The van der Waals surface area contributed by atoms with Gasteiger partial charge in [0.15, 0.2) is 0 Å². The Morgan fingerprint density at radius 1 is 1.13 bits per heavy atom. The first-order chi connectivity index (χ1) is 10.6. The molecule has 0 amide bonds. The molecule has 0 aliphatic heterocycles. The zero-order chi connectivity index (χ0) is 17.4. The molecule has 0 bridgehead atoms. The lowest BCUT2D eigenvalue weighted by atomic mass is 9.65. The Labute approximate surface area is 135 Å². The molecule has 4 heteroatoms. The average molecular weight is 328 g/mol. The van der Waals surface area contributed by atoms with Crippen LogP contribution in [0.5, 0.6) is 0 Å². The fourth-order valence-corrected chi connectivity index (χ4v) is 3.67. The third kappa shape index (κ3) is 3.78. The maximum absolute atomic E-state index is 13.6. The molecule has 0 radical (unpaired) electrons. The number of halogens is 4. The van der Waals surface area contributed by atoms with Crippen LogP contribution in [0.3, 0.4) is 0 Å². The van der Waals surface area contributed by atoms with Crippen LogP contribution >= 0.6 is 0 Å². The summed E-state index contributed by atoms with van der Waals surface area (Å²) in [4.78, 5) is 0. The standard InChI is InChI=1S/C19H24F4/c1-5-11(2)15-8-12(3)13(4)9-16(15)14-6-7-18(20)17(10-14)19(21,22)23/h5-7,10,12-13,15-16H,8-9H2,1-4H3/b11-5-. The van der Waals surface area contributed by atoms with Crippen molar-refractivity contribution in [2.75, 3.05) is 0 Å². The molecule has 4 unspecified atom stereocenters. The molecule has 0 aromatic heterocycles. The van der Waals surface area contributed by atoms with Crippen LogP contribution in [0.2, 0.25) is 0 Å². The van der Waals surface area contributed by atoms with Crippen molar-refractivity contribution in [3.63, 3.8) is 0 Å². The van der Waals surface area contributed by atoms with Gasteiger partial charge in [0.1, 0.15) is 5.82 Å². The molecule has 1 fully saturated rings. The van der Waals surface area contributed by atoms with Gasteiger partial charge < -0.3 is 0 Å². The Morgan fingerprint density at radius 2 is 1.74 bits per heavy atom. The second-order valence-corrected chi connectivity index (χ2v) is 6.91. The highest BCUT2D eigenvalue weighted by Gasteiger charge is 2.38. The van der Waals surface area contributed by atoms with E-state index in [1.807, 2.05) is 19.9 Å².